The summed E-state index contributed by atoms with van der Waals surface area (Å²) in [6, 6.07) is 3.92. The second-order valence-corrected chi connectivity index (χ2v) is 5.30. The zero-order valence-corrected chi connectivity index (χ0v) is 10.8. The van der Waals surface area contributed by atoms with Gasteiger partial charge in [-0.15, -0.1) is 11.6 Å². The van der Waals surface area contributed by atoms with Gasteiger partial charge in [-0.3, -0.25) is 0 Å². The van der Waals surface area contributed by atoms with Crippen molar-refractivity contribution in [3.05, 3.63) is 28.8 Å². The number of nitrogens with two attached hydrogens (primary N) is 1. The third-order valence-corrected chi connectivity index (χ3v) is 3.22. The number of hydrogen-bond acceptors (Lipinski definition) is 4. The third-order valence-electron chi connectivity index (χ3n) is 1.80. The number of primary sulfonamides is 1. The van der Waals surface area contributed by atoms with Crippen molar-refractivity contribution in [1.82, 2.24) is 0 Å². The summed E-state index contributed by atoms with van der Waals surface area (Å²) in [5.74, 6) is -0.777. The summed E-state index contributed by atoms with van der Waals surface area (Å²) in [5.41, 5.74) is -0.276. The van der Waals surface area contributed by atoms with Gasteiger partial charge in [-0.1, -0.05) is 17.7 Å². The molecule has 0 aliphatic rings. The zero-order valence-electron chi connectivity index (χ0n) is 8.52. The van der Waals surface area contributed by atoms with Crippen LogP contribution in [0.25, 0.3) is 0 Å². The molecule has 8 heteroatoms. The smallest absolute Gasteiger partial charge is 0.341 e. The van der Waals surface area contributed by atoms with Gasteiger partial charge >= 0.3 is 5.97 Å². The van der Waals surface area contributed by atoms with Gasteiger partial charge < -0.3 is 4.74 Å². The maximum atomic E-state index is 11.6. The highest BCUT2D eigenvalue weighted by Crippen LogP contribution is 2.23. The van der Waals surface area contributed by atoms with Crippen molar-refractivity contribution >= 4 is 39.2 Å². The van der Waals surface area contributed by atoms with E-state index >= 15 is 0 Å². The minimum absolute atomic E-state index is 0.0453. The molecule has 1 rings (SSSR count). The van der Waals surface area contributed by atoms with E-state index in [-0.39, 0.29) is 28.0 Å². The minimum Gasteiger partial charge on any atom is -0.461 e. The SMILES string of the molecule is NS(=O)(=O)c1cccc(Cl)c1C(=O)OCCCl. The Morgan fingerprint density at radius 2 is 2.06 bits per heavy atom. The molecule has 2 N–H and O–H groups in total. The van der Waals surface area contributed by atoms with Crippen molar-refractivity contribution in [1.29, 1.82) is 0 Å². The predicted octanol–water partition coefficient (Wildman–Crippen LogP) is 1.38. The van der Waals surface area contributed by atoms with E-state index in [1.165, 1.54) is 18.2 Å². The van der Waals surface area contributed by atoms with Gasteiger partial charge in [0.05, 0.1) is 21.4 Å². The highest BCUT2D eigenvalue weighted by Gasteiger charge is 2.23. The van der Waals surface area contributed by atoms with Crippen LogP contribution >= 0.6 is 23.2 Å². The fourth-order valence-corrected chi connectivity index (χ4v) is 2.27. The number of hydrogen-bond donors (Lipinski definition) is 1. The first-order chi connectivity index (χ1) is 7.88. The van der Waals surface area contributed by atoms with Crippen LogP contribution in [0.5, 0.6) is 0 Å². The van der Waals surface area contributed by atoms with Crippen LogP contribution in [0.4, 0.5) is 0 Å². The van der Waals surface area contributed by atoms with Crippen LogP contribution in [0.2, 0.25) is 5.02 Å². The molecule has 0 fully saturated rings. The van der Waals surface area contributed by atoms with Gasteiger partial charge in [0.15, 0.2) is 0 Å². The number of alkyl halides is 1. The lowest BCUT2D eigenvalue weighted by molar-refractivity contribution is 0.0525. The van der Waals surface area contributed by atoms with Crippen molar-refractivity contribution in [2.45, 2.75) is 4.90 Å². The van der Waals surface area contributed by atoms with E-state index < -0.39 is 16.0 Å². The van der Waals surface area contributed by atoms with Gasteiger partial charge in [0, 0.05) is 0 Å². The second kappa shape index (κ2) is 5.68. The first kappa shape index (κ1) is 14.2. The maximum absolute atomic E-state index is 11.6. The Kier molecular flexibility index (Phi) is 4.76. The summed E-state index contributed by atoms with van der Waals surface area (Å²) in [6.07, 6.45) is 0. The molecule has 1 aromatic carbocycles. The number of benzene rings is 1. The van der Waals surface area contributed by atoms with Gasteiger partial charge in [0.2, 0.25) is 10.0 Å². The Morgan fingerprint density at radius 3 is 2.59 bits per heavy atom. The molecule has 0 heterocycles. The number of esters is 1. The standard InChI is InChI=1S/C9H9Cl2NO4S/c10-4-5-16-9(13)8-6(11)2-1-3-7(8)17(12,14)15/h1-3H,4-5H2,(H2,12,14,15). The molecular formula is C9H9Cl2NO4S. The molecule has 0 aromatic heterocycles. The second-order valence-electron chi connectivity index (χ2n) is 2.98. The molecule has 0 bridgehead atoms. The number of ether oxygens (including phenoxy) is 1. The molecule has 0 spiro atoms. The van der Waals surface area contributed by atoms with Crippen LogP contribution in [0.3, 0.4) is 0 Å². The van der Waals surface area contributed by atoms with Crippen molar-refractivity contribution in [3.63, 3.8) is 0 Å². The molecule has 0 radical (unpaired) electrons. The van der Waals surface area contributed by atoms with Crippen LogP contribution < -0.4 is 5.14 Å². The number of rotatable bonds is 4. The number of carbonyl (C=O) groups excluding carboxylic acids is 1. The summed E-state index contributed by atoms with van der Waals surface area (Å²) < 4.78 is 27.3. The molecule has 0 aliphatic carbocycles. The molecule has 5 nitrogen and oxygen atoms in total. The summed E-state index contributed by atoms with van der Waals surface area (Å²) in [5, 5.41) is 4.93. The fraction of sp³-hybridized carbons (Fsp3) is 0.222. The summed E-state index contributed by atoms with van der Waals surface area (Å²) in [4.78, 5) is 11.2. The van der Waals surface area contributed by atoms with Crippen LogP contribution in [0, 0.1) is 0 Å². The molecule has 0 saturated carbocycles. The Morgan fingerprint density at radius 1 is 1.41 bits per heavy atom. The number of carbonyl (C=O) groups is 1. The lowest BCUT2D eigenvalue weighted by atomic mass is 10.2. The zero-order chi connectivity index (χ0) is 13.1. The van der Waals surface area contributed by atoms with Crippen molar-refractivity contribution in [2.24, 2.45) is 5.14 Å². The normalized spacial score (nSPS) is 11.2. The van der Waals surface area contributed by atoms with Crippen LogP contribution in [-0.2, 0) is 14.8 Å². The third kappa shape index (κ3) is 3.57. The molecule has 0 saturated heterocycles. The average Bonchev–Trinajstić information content (AvgIpc) is 2.24. The minimum atomic E-state index is -4.04. The van der Waals surface area contributed by atoms with Crippen LogP contribution in [-0.4, -0.2) is 26.9 Å². The fourth-order valence-electron chi connectivity index (χ4n) is 1.14. The van der Waals surface area contributed by atoms with Gasteiger partial charge in [0.25, 0.3) is 0 Å². The predicted molar refractivity (Wildman–Crippen MR) is 63.8 cm³/mol. The van der Waals surface area contributed by atoms with E-state index in [2.05, 4.69) is 0 Å². The van der Waals surface area contributed by atoms with E-state index in [9.17, 15) is 13.2 Å². The van der Waals surface area contributed by atoms with Crippen molar-refractivity contribution < 1.29 is 17.9 Å². The van der Waals surface area contributed by atoms with E-state index in [1.54, 1.807) is 0 Å². The molecular weight excluding hydrogens is 289 g/mol. The lowest BCUT2D eigenvalue weighted by Crippen LogP contribution is -2.18. The Labute approximate surface area is 109 Å². The lowest BCUT2D eigenvalue weighted by Gasteiger charge is -2.08. The van der Waals surface area contributed by atoms with Gasteiger partial charge in [-0.05, 0) is 12.1 Å². The Bertz CT molecular complexity index is 530. The topological polar surface area (TPSA) is 86.5 Å². The number of sulfonamides is 1. The van der Waals surface area contributed by atoms with Crippen molar-refractivity contribution in [2.75, 3.05) is 12.5 Å². The highest BCUT2D eigenvalue weighted by molar-refractivity contribution is 7.89. The quantitative estimate of drug-likeness (QED) is 0.672. The largest absolute Gasteiger partial charge is 0.461 e. The van der Waals surface area contributed by atoms with Gasteiger partial charge in [0.1, 0.15) is 6.61 Å². The van der Waals surface area contributed by atoms with Crippen LogP contribution in [0.1, 0.15) is 10.4 Å². The maximum Gasteiger partial charge on any atom is 0.341 e. The van der Waals surface area contributed by atoms with E-state index in [0.717, 1.165) is 0 Å². The first-order valence-corrected chi connectivity index (χ1v) is 6.88. The first-order valence-electron chi connectivity index (χ1n) is 4.42. The molecule has 0 unspecified atom stereocenters. The van der Waals surface area contributed by atoms with Gasteiger partial charge in [-0.25, -0.2) is 18.4 Å². The van der Waals surface area contributed by atoms with Gasteiger partial charge in [-0.2, -0.15) is 0 Å². The highest BCUT2D eigenvalue weighted by atomic mass is 35.5. The average molecular weight is 298 g/mol. The molecule has 17 heavy (non-hydrogen) atoms. The Balaban J connectivity index is 3.26. The summed E-state index contributed by atoms with van der Waals surface area (Å²) >= 11 is 11.1. The summed E-state index contributed by atoms with van der Waals surface area (Å²) in [6.45, 7) is -0.0460. The number of halogens is 2. The molecule has 0 aliphatic heterocycles. The molecule has 0 amide bonds. The van der Waals surface area contributed by atoms with Crippen molar-refractivity contribution in [3.8, 4) is 0 Å². The van der Waals surface area contributed by atoms with E-state index in [0.29, 0.717) is 0 Å². The monoisotopic (exact) mass is 297 g/mol. The van der Waals surface area contributed by atoms with Crippen LogP contribution in [0.15, 0.2) is 23.1 Å². The molecule has 94 valence electrons. The molecule has 0 atom stereocenters. The molecule has 1 aromatic rings. The summed E-state index contributed by atoms with van der Waals surface area (Å²) in [7, 11) is -4.04. The van der Waals surface area contributed by atoms with E-state index in [1.807, 2.05) is 0 Å². The Hall–Kier alpha value is -0.820. The van der Waals surface area contributed by atoms with E-state index in [4.69, 9.17) is 33.1 Å².